The zero-order valence-electron chi connectivity index (χ0n) is 21.1. The Labute approximate surface area is 206 Å². The highest BCUT2D eigenvalue weighted by molar-refractivity contribution is 5.74. The number of aryl methyl sites for hydroxylation is 1. The summed E-state index contributed by atoms with van der Waals surface area (Å²) in [6.45, 7) is 7.07. The number of amides is 2. The number of nitrogens with one attached hydrogen (secondary N) is 1. The second kappa shape index (κ2) is 12.9. The van der Waals surface area contributed by atoms with Crippen molar-refractivity contribution < 1.29 is 4.79 Å². The van der Waals surface area contributed by atoms with E-state index in [0.29, 0.717) is 12.6 Å². The molecular formula is C30H43N3O. The van der Waals surface area contributed by atoms with Gasteiger partial charge >= 0.3 is 6.03 Å². The lowest BCUT2D eigenvalue weighted by molar-refractivity contribution is 0.164. The summed E-state index contributed by atoms with van der Waals surface area (Å²) in [4.78, 5) is 17.8. The first-order valence-corrected chi connectivity index (χ1v) is 13.5. The summed E-state index contributed by atoms with van der Waals surface area (Å²) < 4.78 is 0. The maximum Gasteiger partial charge on any atom is 0.317 e. The van der Waals surface area contributed by atoms with Gasteiger partial charge in [-0.15, -0.1) is 0 Å². The smallest absolute Gasteiger partial charge is 0.317 e. The highest BCUT2D eigenvalue weighted by atomic mass is 16.2. The Morgan fingerprint density at radius 1 is 0.912 bits per heavy atom. The lowest BCUT2D eigenvalue weighted by Gasteiger charge is -2.33. The normalized spacial score (nSPS) is 18.0. The Morgan fingerprint density at radius 3 is 2.32 bits per heavy atom. The predicted molar refractivity (Wildman–Crippen MR) is 141 cm³/mol. The Morgan fingerprint density at radius 2 is 1.62 bits per heavy atom. The van der Waals surface area contributed by atoms with E-state index in [4.69, 9.17) is 0 Å². The standard InChI is InChI=1S/C30H43N3O/c1-25-13-15-28(16-14-25)24-33(30(34)31-29-11-6-3-7-12-29)20-8-19-32-21-17-27(18-22-32)23-26-9-4-2-5-10-26/h2,4-5,9-10,13-16,27,29H,3,6-8,11-12,17-24H2,1H3,(H,31,34). The average molecular weight is 462 g/mol. The minimum Gasteiger partial charge on any atom is -0.335 e. The molecule has 0 aromatic heterocycles. The number of hydrogen-bond acceptors (Lipinski definition) is 2. The largest absolute Gasteiger partial charge is 0.335 e. The summed E-state index contributed by atoms with van der Waals surface area (Å²) in [5.41, 5.74) is 3.94. The van der Waals surface area contributed by atoms with Crippen LogP contribution in [0.5, 0.6) is 0 Å². The summed E-state index contributed by atoms with van der Waals surface area (Å²) in [5, 5.41) is 3.34. The Bertz CT molecular complexity index is 852. The van der Waals surface area contributed by atoms with Gasteiger partial charge in [0.25, 0.3) is 0 Å². The van der Waals surface area contributed by atoms with E-state index >= 15 is 0 Å². The van der Waals surface area contributed by atoms with Crippen LogP contribution in [0.15, 0.2) is 54.6 Å². The number of urea groups is 1. The van der Waals surface area contributed by atoms with Crippen LogP contribution in [-0.2, 0) is 13.0 Å². The van der Waals surface area contributed by atoms with E-state index in [9.17, 15) is 4.79 Å². The summed E-state index contributed by atoms with van der Waals surface area (Å²) in [6.07, 6.45) is 10.8. The molecule has 2 amide bonds. The van der Waals surface area contributed by atoms with Crippen molar-refractivity contribution in [2.75, 3.05) is 26.2 Å². The van der Waals surface area contributed by atoms with Crippen molar-refractivity contribution in [1.82, 2.24) is 15.1 Å². The van der Waals surface area contributed by atoms with Gasteiger partial charge in [-0.1, -0.05) is 79.4 Å². The first-order valence-electron chi connectivity index (χ1n) is 13.5. The third-order valence-corrected chi connectivity index (χ3v) is 7.69. The molecule has 1 saturated heterocycles. The van der Waals surface area contributed by atoms with Crippen molar-refractivity contribution in [2.24, 2.45) is 5.92 Å². The third kappa shape index (κ3) is 7.87. The van der Waals surface area contributed by atoms with E-state index in [1.807, 2.05) is 4.90 Å². The van der Waals surface area contributed by atoms with Gasteiger partial charge < -0.3 is 15.1 Å². The van der Waals surface area contributed by atoms with Crippen molar-refractivity contribution in [2.45, 2.75) is 77.3 Å². The molecule has 0 atom stereocenters. The number of likely N-dealkylation sites (tertiary alicyclic amines) is 1. The fourth-order valence-electron chi connectivity index (χ4n) is 5.53. The molecule has 4 nitrogen and oxygen atoms in total. The molecule has 184 valence electrons. The number of benzene rings is 2. The maximum absolute atomic E-state index is 13.2. The van der Waals surface area contributed by atoms with Crippen LogP contribution >= 0.6 is 0 Å². The molecular weight excluding hydrogens is 418 g/mol. The topological polar surface area (TPSA) is 35.6 Å². The molecule has 1 saturated carbocycles. The monoisotopic (exact) mass is 461 g/mol. The number of hydrogen-bond donors (Lipinski definition) is 1. The number of carbonyl (C=O) groups excluding carboxylic acids is 1. The molecule has 4 rings (SSSR count). The predicted octanol–water partition coefficient (Wildman–Crippen LogP) is 6.18. The van der Waals surface area contributed by atoms with E-state index in [-0.39, 0.29) is 6.03 Å². The molecule has 2 aromatic rings. The molecule has 1 heterocycles. The fraction of sp³-hybridized carbons (Fsp3) is 0.567. The second-order valence-corrected chi connectivity index (χ2v) is 10.5. The van der Waals surface area contributed by atoms with Crippen molar-refractivity contribution in [3.8, 4) is 0 Å². The zero-order valence-corrected chi connectivity index (χ0v) is 21.1. The minimum atomic E-state index is 0.119. The van der Waals surface area contributed by atoms with E-state index in [2.05, 4.69) is 71.7 Å². The Hall–Kier alpha value is -2.33. The van der Waals surface area contributed by atoms with Gasteiger partial charge in [-0.2, -0.15) is 0 Å². The first kappa shape index (κ1) is 24.8. The maximum atomic E-state index is 13.2. The van der Waals surface area contributed by atoms with Crippen LogP contribution in [0.3, 0.4) is 0 Å². The first-order chi connectivity index (χ1) is 16.7. The van der Waals surface area contributed by atoms with Gasteiger partial charge in [-0.25, -0.2) is 4.79 Å². The molecule has 0 unspecified atom stereocenters. The summed E-state index contributed by atoms with van der Waals surface area (Å²) >= 11 is 0. The van der Waals surface area contributed by atoms with Gasteiger partial charge in [0.15, 0.2) is 0 Å². The van der Waals surface area contributed by atoms with Gasteiger partial charge in [0.1, 0.15) is 0 Å². The van der Waals surface area contributed by atoms with Crippen molar-refractivity contribution >= 4 is 6.03 Å². The summed E-state index contributed by atoms with van der Waals surface area (Å²) in [6, 6.07) is 20.0. The molecule has 34 heavy (non-hydrogen) atoms. The van der Waals surface area contributed by atoms with Crippen LogP contribution in [0, 0.1) is 12.8 Å². The third-order valence-electron chi connectivity index (χ3n) is 7.69. The summed E-state index contributed by atoms with van der Waals surface area (Å²) in [7, 11) is 0. The summed E-state index contributed by atoms with van der Waals surface area (Å²) in [5.74, 6) is 0.804. The molecule has 0 bridgehead atoms. The molecule has 0 radical (unpaired) electrons. The lowest BCUT2D eigenvalue weighted by Crippen LogP contribution is -2.46. The van der Waals surface area contributed by atoms with Crippen LogP contribution in [0.4, 0.5) is 4.79 Å². The molecule has 4 heteroatoms. The van der Waals surface area contributed by atoms with E-state index in [1.54, 1.807) is 0 Å². The number of piperidine rings is 1. The van der Waals surface area contributed by atoms with E-state index in [1.165, 1.54) is 68.3 Å². The van der Waals surface area contributed by atoms with Gasteiger partial charge in [-0.3, -0.25) is 0 Å². The zero-order chi connectivity index (χ0) is 23.6. The average Bonchev–Trinajstić information content (AvgIpc) is 2.87. The molecule has 1 aliphatic heterocycles. The van der Waals surface area contributed by atoms with Gasteiger partial charge in [0.05, 0.1) is 0 Å². The van der Waals surface area contributed by atoms with E-state index < -0.39 is 0 Å². The quantitative estimate of drug-likeness (QED) is 0.484. The van der Waals surface area contributed by atoms with Crippen LogP contribution in [0.2, 0.25) is 0 Å². The number of rotatable bonds is 9. The van der Waals surface area contributed by atoms with Crippen LogP contribution < -0.4 is 5.32 Å². The molecule has 2 aliphatic rings. The number of carbonyl (C=O) groups is 1. The lowest BCUT2D eigenvalue weighted by atomic mass is 9.90. The Balaban J connectivity index is 1.24. The highest BCUT2D eigenvalue weighted by Gasteiger charge is 2.22. The van der Waals surface area contributed by atoms with Crippen molar-refractivity contribution in [3.63, 3.8) is 0 Å². The van der Waals surface area contributed by atoms with Gasteiger partial charge in [0, 0.05) is 19.1 Å². The molecule has 1 N–H and O–H groups in total. The highest BCUT2D eigenvalue weighted by Crippen LogP contribution is 2.22. The van der Waals surface area contributed by atoms with E-state index in [0.717, 1.165) is 38.3 Å². The molecule has 0 spiro atoms. The van der Waals surface area contributed by atoms with Crippen LogP contribution in [-0.4, -0.2) is 48.1 Å². The molecule has 2 fully saturated rings. The minimum absolute atomic E-state index is 0.119. The van der Waals surface area contributed by atoms with Crippen LogP contribution in [0.25, 0.3) is 0 Å². The Kier molecular flexibility index (Phi) is 9.44. The molecule has 1 aliphatic carbocycles. The molecule has 2 aromatic carbocycles. The second-order valence-electron chi connectivity index (χ2n) is 10.5. The fourth-order valence-corrected chi connectivity index (χ4v) is 5.53. The van der Waals surface area contributed by atoms with Crippen molar-refractivity contribution in [1.29, 1.82) is 0 Å². The van der Waals surface area contributed by atoms with Gasteiger partial charge in [-0.05, 0) is 82.1 Å². The van der Waals surface area contributed by atoms with Crippen LogP contribution in [0.1, 0.15) is 68.1 Å². The number of nitrogens with zero attached hydrogens (tertiary/aromatic N) is 2. The van der Waals surface area contributed by atoms with Crippen molar-refractivity contribution in [3.05, 3.63) is 71.3 Å². The van der Waals surface area contributed by atoms with Gasteiger partial charge in [0.2, 0.25) is 0 Å². The SMILES string of the molecule is Cc1ccc(CN(CCCN2CCC(Cc3ccccc3)CC2)C(=O)NC2CCCCC2)cc1.